The Morgan fingerprint density at radius 3 is 2.49 bits per heavy atom. The molecule has 1 aliphatic heterocycles. The number of nitrogens with zero attached hydrogens (tertiary/aromatic N) is 4. The highest BCUT2D eigenvalue weighted by molar-refractivity contribution is 7.15. The van der Waals surface area contributed by atoms with Gasteiger partial charge in [-0.15, -0.1) is 9.24 Å². The van der Waals surface area contributed by atoms with Gasteiger partial charge in [-0.2, -0.15) is 0 Å². The van der Waals surface area contributed by atoms with E-state index in [4.69, 9.17) is 9.47 Å². The number of nitrogens with one attached hydrogen (secondary N) is 1. The van der Waals surface area contributed by atoms with Crippen molar-refractivity contribution in [2.24, 2.45) is 5.92 Å². The van der Waals surface area contributed by atoms with E-state index in [2.05, 4.69) is 19.5 Å². The molecule has 0 bridgehead atoms. The summed E-state index contributed by atoms with van der Waals surface area (Å²) >= 11 is 0. The Bertz CT molecular complexity index is 1290. The van der Waals surface area contributed by atoms with Crippen LogP contribution in [0.15, 0.2) is 24.4 Å². The molecule has 0 saturated carbocycles. The van der Waals surface area contributed by atoms with Crippen molar-refractivity contribution < 1.29 is 37.3 Å². The highest BCUT2D eigenvalue weighted by atomic mass is 31.0. The summed E-state index contributed by atoms with van der Waals surface area (Å²) in [4.78, 5) is 33.9. The monoisotopic (exact) mass is 629 g/mol. The van der Waals surface area contributed by atoms with Crippen molar-refractivity contribution in [2.45, 2.75) is 77.3 Å². The maximum absolute atomic E-state index is 15.5. The van der Waals surface area contributed by atoms with Crippen molar-refractivity contribution in [3.8, 4) is 11.3 Å². The number of rotatable bonds is 10. The first-order valence-electron chi connectivity index (χ1n) is 14.1. The first-order valence-corrected chi connectivity index (χ1v) is 14.9. The number of urea groups is 1. The number of hydrogen-bond donors (Lipinski definition) is 2. The molecule has 1 fully saturated rings. The quantitative estimate of drug-likeness (QED) is 0.368. The fourth-order valence-electron chi connectivity index (χ4n) is 4.93. The topological polar surface area (TPSA) is 109 Å². The lowest BCUT2D eigenvalue weighted by atomic mass is 9.94. The van der Waals surface area contributed by atoms with Gasteiger partial charge < -0.3 is 34.3 Å². The van der Waals surface area contributed by atoms with Gasteiger partial charge in [0, 0.05) is 44.2 Å². The van der Waals surface area contributed by atoms with E-state index in [1.165, 1.54) is 16.9 Å². The molecular formula is C29H43F3N5O5P. The van der Waals surface area contributed by atoms with Crippen LogP contribution in [0.4, 0.5) is 22.8 Å². The zero-order valence-corrected chi connectivity index (χ0v) is 26.9. The predicted octanol–water partition coefficient (Wildman–Crippen LogP) is 4.72. The minimum Gasteiger partial charge on any atom is -0.444 e. The number of likely N-dealkylation sites (tertiary alicyclic amines) is 1. The third-order valence-corrected chi connectivity index (χ3v) is 7.69. The summed E-state index contributed by atoms with van der Waals surface area (Å²) in [5.74, 6) is -1.83. The van der Waals surface area contributed by atoms with E-state index in [9.17, 15) is 23.5 Å². The molecular weight excluding hydrogens is 586 g/mol. The van der Waals surface area contributed by atoms with Crippen LogP contribution < -0.4 is 5.32 Å². The second kappa shape index (κ2) is 13.8. The van der Waals surface area contributed by atoms with Crippen LogP contribution in [-0.2, 0) is 15.8 Å². The summed E-state index contributed by atoms with van der Waals surface area (Å²) in [5.41, 5.74) is -1.83. The van der Waals surface area contributed by atoms with Crippen molar-refractivity contribution in [3.63, 3.8) is 0 Å². The van der Waals surface area contributed by atoms with Crippen molar-refractivity contribution >= 4 is 21.4 Å². The molecule has 5 atom stereocenters. The minimum atomic E-state index is -1.47. The van der Waals surface area contributed by atoms with E-state index in [1.807, 2.05) is 0 Å². The van der Waals surface area contributed by atoms with Crippen molar-refractivity contribution in [1.29, 1.82) is 0 Å². The lowest BCUT2D eigenvalue weighted by Gasteiger charge is -2.42. The number of halogens is 3. The molecule has 1 aromatic carbocycles. The Labute approximate surface area is 253 Å². The van der Waals surface area contributed by atoms with Crippen molar-refractivity contribution in [1.82, 2.24) is 24.7 Å². The van der Waals surface area contributed by atoms with Crippen LogP contribution in [0.3, 0.4) is 0 Å². The Balaban J connectivity index is 2.09. The van der Waals surface area contributed by atoms with E-state index in [1.54, 1.807) is 52.3 Å². The number of alkyl halides is 1. The van der Waals surface area contributed by atoms with Crippen LogP contribution in [0.1, 0.15) is 53.4 Å². The molecule has 3 rings (SSSR count). The van der Waals surface area contributed by atoms with Crippen LogP contribution in [0.2, 0.25) is 0 Å². The number of benzene rings is 1. The highest BCUT2D eigenvalue weighted by Gasteiger charge is 2.46. The average molecular weight is 630 g/mol. The molecule has 0 radical (unpaired) electrons. The highest BCUT2D eigenvalue weighted by Crippen LogP contribution is 2.38. The maximum atomic E-state index is 15.5. The number of aliphatic hydroxyl groups excluding tert-OH is 1. The molecule has 1 aliphatic rings. The summed E-state index contributed by atoms with van der Waals surface area (Å²) in [6, 6.07) is 0.814. The molecule has 0 aliphatic carbocycles. The van der Waals surface area contributed by atoms with Gasteiger partial charge in [0.05, 0.1) is 30.5 Å². The third-order valence-electron chi connectivity index (χ3n) is 7.30. The SMILES string of the molecule is COC(C)(C)[C@H](c1nc(-c2cc(F)ccc2F)cn1CP)N(C[C@@H]1CN(C(=O)OC(C)(C)C)C[C@@H]1F)C(=O)N[C@@H](C)CO. The van der Waals surface area contributed by atoms with Gasteiger partial charge in [0.15, 0.2) is 0 Å². The average Bonchev–Trinajstić information content (AvgIpc) is 3.51. The van der Waals surface area contributed by atoms with Crippen LogP contribution in [0.5, 0.6) is 0 Å². The largest absolute Gasteiger partial charge is 0.444 e. The summed E-state index contributed by atoms with van der Waals surface area (Å²) in [6.07, 6.45) is -0.303. The van der Waals surface area contributed by atoms with Crippen molar-refractivity contribution in [3.05, 3.63) is 41.9 Å². The second-order valence-electron chi connectivity index (χ2n) is 12.3. The molecule has 2 N–H and O–H groups in total. The first-order chi connectivity index (χ1) is 20.0. The van der Waals surface area contributed by atoms with Crippen molar-refractivity contribution in [2.75, 3.05) is 33.4 Å². The fourth-order valence-corrected chi connectivity index (χ4v) is 5.22. The molecule has 14 heteroatoms. The van der Waals surface area contributed by atoms with Gasteiger partial charge in [-0.1, -0.05) is 0 Å². The summed E-state index contributed by atoms with van der Waals surface area (Å²) in [7, 11) is 3.99. The molecule has 1 aromatic heterocycles. The number of aromatic nitrogens is 2. The summed E-state index contributed by atoms with van der Waals surface area (Å²) in [5, 5.41) is 12.4. The summed E-state index contributed by atoms with van der Waals surface area (Å²) in [6.45, 7) is 9.51. The van der Waals surface area contributed by atoms with E-state index in [0.29, 0.717) is 0 Å². The molecule has 1 saturated heterocycles. The van der Waals surface area contributed by atoms with Gasteiger partial charge in [0.2, 0.25) is 0 Å². The molecule has 1 unspecified atom stereocenters. The molecule has 2 heterocycles. The number of amides is 3. The molecule has 43 heavy (non-hydrogen) atoms. The van der Waals surface area contributed by atoms with Crippen LogP contribution in [0, 0.1) is 17.6 Å². The van der Waals surface area contributed by atoms with Crippen LogP contribution in [0.25, 0.3) is 11.3 Å². The van der Waals surface area contributed by atoms with Crippen LogP contribution in [-0.4, -0.2) is 93.3 Å². The number of ether oxygens (including phenoxy) is 2. The smallest absolute Gasteiger partial charge is 0.410 e. The number of carbonyl (C=O) groups excluding carboxylic acids is 2. The Morgan fingerprint density at radius 2 is 1.91 bits per heavy atom. The van der Waals surface area contributed by atoms with Gasteiger partial charge in [0.1, 0.15) is 35.3 Å². The third kappa shape index (κ3) is 8.39. The molecule has 240 valence electrons. The lowest BCUT2D eigenvalue weighted by molar-refractivity contribution is -0.0511. The van der Waals surface area contributed by atoms with E-state index in [-0.39, 0.29) is 49.6 Å². The zero-order valence-electron chi connectivity index (χ0n) is 25.7. The Kier molecular flexibility index (Phi) is 11.1. The van der Waals surface area contributed by atoms with Crippen LogP contribution >= 0.6 is 9.24 Å². The predicted molar refractivity (Wildman–Crippen MR) is 159 cm³/mol. The lowest BCUT2D eigenvalue weighted by Crippen LogP contribution is -2.54. The minimum absolute atomic E-state index is 0.00658. The number of aliphatic hydroxyl groups is 1. The fraction of sp³-hybridized carbons (Fsp3) is 0.621. The number of methoxy groups -OCH3 is 1. The zero-order chi connectivity index (χ0) is 32.3. The molecule has 0 spiro atoms. The first kappa shape index (κ1) is 34.6. The Hall–Kier alpha value is -2.89. The second-order valence-corrected chi connectivity index (χ2v) is 12.7. The van der Waals surface area contributed by atoms with Gasteiger partial charge >= 0.3 is 12.1 Å². The van der Waals surface area contributed by atoms with Gasteiger partial charge in [0.25, 0.3) is 0 Å². The van der Waals surface area contributed by atoms with E-state index in [0.717, 1.165) is 18.2 Å². The standard InChI is InChI=1S/C29H43F3N5O5P/c1-17(15-38)33-26(39)37(12-18-11-35(13-22(18)32)27(40)42-28(2,3)4)24(29(5,6)41-7)25-34-23(14-36(25)16-43)20-10-19(30)8-9-21(20)31/h8-10,14,17-18,22,24,38H,11-13,15-16,43H2,1-7H3,(H,33,39)/t17-,18-,22-,24-/m0/s1. The number of imidazole rings is 1. The maximum Gasteiger partial charge on any atom is 0.410 e. The molecule has 10 nitrogen and oxygen atoms in total. The van der Waals surface area contributed by atoms with E-state index < -0.39 is 59.1 Å². The van der Waals surface area contributed by atoms with Gasteiger partial charge in [-0.05, 0) is 59.7 Å². The molecule has 2 aromatic rings. The van der Waals surface area contributed by atoms with Gasteiger partial charge in [-0.3, -0.25) is 0 Å². The summed E-state index contributed by atoms with van der Waals surface area (Å²) < 4.78 is 57.3. The number of carbonyl (C=O) groups is 2. The number of hydrogen-bond acceptors (Lipinski definition) is 6. The van der Waals surface area contributed by atoms with Gasteiger partial charge in [-0.25, -0.2) is 27.7 Å². The Morgan fingerprint density at radius 1 is 1.23 bits per heavy atom. The molecule has 3 amide bonds. The normalized spacial score (nSPS) is 18.8. The van der Waals surface area contributed by atoms with E-state index >= 15 is 4.39 Å².